The van der Waals surface area contributed by atoms with Crippen molar-refractivity contribution >= 4 is 23.2 Å². The van der Waals surface area contributed by atoms with Gasteiger partial charge < -0.3 is 14.6 Å². The molecule has 0 aliphatic heterocycles. The number of carbonyl (C=O) groups excluding carboxylic acids is 1. The molecule has 0 atom stereocenters. The van der Waals surface area contributed by atoms with E-state index in [0.717, 1.165) is 0 Å². The van der Waals surface area contributed by atoms with E-state index >= 15 is 0 Å². The van der Waals surface area contributed by atoms with Gasteiger partial charge in [0.2, 0.25) is 0 Å². The van der Waals surface area contributed by atoms with Gasteiger partial charge in [0.25, 0.3) is 11.6 Å². The van der Waals surface area contributed by atoms with E-state index in [0.29, 0.717) is 25.6 Å². The Hall–Kier alpha value is -1.60. The highest BCUT2D eigenvalue weighted by Crippen LogP contribution is 2.14. The lowest BCUT2D eigenvalue weighted by molar-refractivity contribution is -0.384. The Morgan fingerprint density at radius 2 is 2.33 bits per heavy atom. The number of nitro groups is 1. The zero-order chi connectivity index (χ0) is 13.5. The molecule has 0 aliphatic carbocycles. The summed E-state index contributed by atoms with van der Waals surface area (Å²) in [6.45, 7) is 1.10. The molecule has 18 heavy (non-hydrogen) atoms. The van der Waals surface area contributed by atoms with E-state index in [9.17, 15) is 14.9 Å². The summed E-state index contributed by atoms with van der Waals surface area (Å²) < 4.78 is 6.49. The summed E-state index contributed by atoms with van der Waals surface area (Å²) >= 11 is 5.41. The van der Waals surface area contributed by atoms with Crippen LogP contribution < -0.4 is 5.32 Å². The van der Waals surface area contributed by atoms with Crippen LogP contribution >= 0.6 is 11.6 Å². The molecule has 100 valence electrons. The average Bonchev–Trinajstić information content (AvgIpc) is 2.71. The number of carbonyl (C=O) groups is 1. The van der Waals surface area contributed by atoms with Gasteiger partial charge in [0.1, 0.15) is 5.69 Å². The number of rotatable bonds is 7. The van der Waals surface area contributed by atoms with E-state index in [1.165, 1.54) is 16.8 Å². The molecule has 7 nitrogen and oxygen atoms in total. The summed E-state index contributed by atoms with van der Waals surface area (Å²) in [5.74, 6) is 0.0258. The predicted molar refractivity (Wildman–Crippen MR) is 65.9 cm³/mol. The fraction of sp³-hybridized carbons (Fsp3) is 0.500. The van der Waals surface area contributed by atoms with E-state index in [4.69, 9.17) is 16.3 Å². The van der Waals surface area contributed by atoms with Crippen LogP contribution in [-0.4, -0.2) is 41.0 Å². The van der Waals surface area contributed by atoms with Crippen LogP contribution in [0.4, 0.5) is 5.69 Å². The van der Waals surface area contributed by atoms with Gasteiger partial charge in [-0.15, -0.1) is 11.6 Å². The SMILES string of the molecule is Cn1cc([N+](=O)[O-])cc1C(=O)NCCOCCCl. The molecule has 1 heterocycles. The highest BCUT2D eigenvalue weighted by Gasteiger charge is 2.16. The Morgan fingerprint density at radius 3 is 2.89 bits per heavy atom. The standard InChI is InChI=1S/C10H14ClN3O4/c1-13-7-8(14(16)17)6-9(13)10(15)12-3-5-18-4-2-11/h6-7H,2-5H2,1H3,(H,12,15). The van der Waals surface area contributed by atoms with E-state index in [-0.39, 0.29) is 17.3 Å². The van der Waals surface area contributed by atoms with Crippen molar-refractivity contribution in [3.8, 4) is 0 Å². The van der Waals surface area contributed by atoms with Crippen LogP contribution in [0.2, 0.25) is 0 Å². The second-order valence-corrected chi connectivity index (χ2v) is 3.89. The van der Waals surface area contributed by atoms with Gasteiger partial charge in [-0.05, 0) is 0 Å². The molecule has 0 bridgehead atoms. The first-order valence-electron chi connectivity index (χ1n) is 5.29. The quantitative estimate of drug-likeness (QED) is 0.347. The summed E-state index contributed by atoms with van der Waals surface area (Å²) in [5.41, 5.74) is 0.125. The lowest BCUT2D eigenvalue weighted by Gasteiger charge is -2.05. The molecule has 0 aromatic carbocycles. The van der Waals surface area contributed by atoms with Crippen LogP contribution in [0, 0.1) is 10.1 Å². The zero-order valence-electron chi connectivity index (χ0n) is 9.89. The molecule has 0 saturated heterocycles. The maximum absolute atomic E-state index is 11.7. The second-order valence-electron chi connectivity index (χ2n) is 3.51. The van der Waals surface area contributed by atoms with Gasteiger partial charge in [-0.1, -0.05) is 0 Å². The van der Waals surface area contributed by atoms with Gasteiger partial charge in [-0.2, -0.15) is 0 Å². The third kappa shape index (κ3) is 4.01. The number of alkyl halides is 1. The fourth-order valence-corrected chi connectivity index (χ4v) is 1.47. The minimum atomic E-state index is -0.541. The van der Waals surface area contributed by atoms with Crippen LogP contribution in [-0.2, 0) is 11.8 Å². The van der Waals surface area contributed by atoms with E-state index in [2.05, 4.69) is 5.32 Å². The summed E-state index contributed by atoms with van der Waals surface area (Å²) in [6, 6.07) is 1.23. The third-order valence-corrected chi connectivity index (χ3v) is 2.34. The highest BCUT2D eigenvalue weighted by molar-refractivity contribution is 6.17. The molecule has 1 rings (SSSR count). The summed E-state index contributed by atoms with van der Waals surface area (Å²) in [5, 5.41) is 13.1. The Balaban J connectivity index is 2.48. The minimum Gasteiger partial charge on any atom is -0.378 e. The van der Waals surface area contributed by atoms with Crippen LogP contribution in [0.3, 0.4) is 0 Å². The maximum Gasteiger partial charge on any atom is 0.287 e. The van der Waals surface area contributed by atoms with Crippen molar-refractivity contribution in [3.63, 3.8) is 0 Å². The second kappa shape index (κ2) is 6.97. The molecular weight excluding hydrogens is 262 g/mol. The Bertz CT molecular complexity index is 433. The zero-order valence-corrected chi connectivity index (χ0v) is 10.6. The summed E-state index contributed by atoms with van der Waals surface area (Å²) in [7, 11) is 1.58. The lowest BCUT2D eigenvalue weighted by atomic mass is 10.4. The maximum atomic E-state index is 11.7. The summed E-state index contributed by atoms with van der Waals surface area (Å²) in [4.78, 5) is 21.7. The van der Waals surface area contributed by atoms with Gasteiger partial charge in [0.05, 0.1) is 24.3 Å². The lowest BCUT2D eigenvalue weighted by Crippen LogP contribution is -2.28. The van der Waals surface area contributed by atoms with E-state index in [1.54, 1.807) is 7.05 Å². The number of amides is 1. The molecule has 0 spiro atoms. The van der Waals surface area contributed by atoms with Crippen LogP contribution in [0.1, 0.15) is 10.5 Å². The Morgan fingerprint density at radius 1 is 1.61 bits per heavy atom. The number of hydrogen-bond acceptors (Lipinski definition) is 4. The van der Waals surface area contributed by atoms with Crippen LogP contribution in [0.5, 0.6) is 0 Å². The Labute approximate surface area is 109 Å². The summed E-state index contributed by atoms with van der Waals surface area (Å²) in [6.07, 6.45) is 1.29. The van der Waals surface area contributed by atoms with Crippen molar-refractivity contribution in [3.05, 3.63) is 28.1 Å². The number of aryl methyl sites for hydroxylation is 1. The van der Waals surface area contributed by atoms with Crippen LogP contribution in [0.15, 0.2) is 12.3 Å². The van der Waals surface area contributed by atoms with Crippen molar-refractivity contribution in [2.24, 2.45) is 7.05 Å². The van der Waals surface area contributed by atoms with Gasteiger partial charge >= 0.3 is 0 Å². The molecule has 0 saturated carbocycles. The first-order chi connectivity index (χ1) is 8.56. The number of halogens is 1. The predicted octanol–water partition coefficient (Wildman–Crippen LogP) is 0.918. The topological polar surface area (TPSA) is 86.4 Å². The fourth-order valence-electron chi connectivity index (χ4n) is 1.36. The highest BCUT2D eigenvalue weighted by atomic mass is 35.5. The molecule has 1 aromatic heterocycles. The van der Waals surface area contributed by atoms with Gasteiger partial charge in [0.15, 0.2) is 0 Å². The Kier molecular flexibility index (Phi) is 5.60. The number of nitrogens with zero attached hydrogens (tertiary/aromatic N) is 2. The van der Waals surface area contributed by atoms with Crippen LogP contribution in [0.25, 0.3) is 0 Å². The molecule has 1 amide bonds. The molecule has 0 fully saturated rings. The molecule has 1 aromatic rings. The average molecular weight is 276 g/mol. The number of nitrogens with one attached hydrogen (secondary N) is 1. The van der Waals surface area contributed by atoms with Crippen molar-refractivity contribution in [1.82, 2.24) is 9.88 Å². The smallest absolute Gasteiger partial charge is 0.287 e. The molecule has 0 radical (unpaired) electrons. The molecule has 0 aliphatic rings. The van der Waals surface area contributed by atoms with Crippen molar-refractivity contribution in [2.75, 3.05) is 25.6 Å². The van der Waals surface area contributed by atoms with Gasteiger partial charge in [-0.25, -0.2) is 0 Å². The van der Waals surface area contributed by atoms with E-state index in [1.807, 2.05) is 0 Å². The van der Waals surface area contributed by atoms with Crippen molar-refractivity contribution < 1.29 is 14.5 Å². The number of ether oxygens (including phenoxy) is 1. The first-order valence-corrected chi connectivity index (χ1v) is 5.82. The molecule has 1 N–H and O–H groups in total. The third-order valence-electron chi connectivity index (χ3n) is 2.19. The molecule has 8 heteroatoms. The normalized spacial score (nSPS) is 10.3. The molecular formula is C10H14ClN3O4. The van der Waals surface area contributed by atoms with E-state index < -0.39 is 4.92 Å². The monoisotopic (exact) mass is 275 g/mol. The number of hydrogen-bond donors (Lipinski definition) is 1. The van der Waals surface area contributed by atoms with Gasteiger partial charge in [-0.3, -0.25) is 14.9 Å². The van der Waals surface area contributed by atoms with Crippen molar-refractivity contribution in [1.29, 1.82) is 0 Å². The largest absolute Gasteiger partial charge is 0.378 e. The first kappa shape index (κ1) is 14.5. The molecule has 0 unspecified atom stereocenters. The van der Waals surface area contributed by atoms with Crippen molar-refractivity contribution in [2.45, 2.75) is 0 Å². The van der Waals surface area contributed by atoms with Gasteiger partial charge in [0, 0.05) is 25.5 Å². The number of aromatic nitrogens is 1. The minimum absolute atomic E-state index is 0.110.